The van der Waals surface area contributed by atoms with Crippen LogP contribution in [0, 0.1) is 6.92 Å². The molecule has 0 spiro atoms. The van der Waals surface area contributed by atoms with E-state index < -0.39 is 72.8 Å². The maximum absolute atomic E-state index is 14.2. The van der Waals surface area contributed by atoms with E-state index in [1.54, 1.807) is 31.4 Å². The maximum Gasteiger partial charge on any atom is 0.338 e. The molecule has 0 N–H and O–H groups in total. The summed E-state index contributed by atoms with van der Waals surface area (Å²) in [6, 6.07) is 54.5. The minimum atomic E-state index is -1.11. The second kappa shape index (κ2) is 22.6. The van der Waals surface area contributed by atoms with E-state index in [4.69, 9.17) is 47.4 Å². The van der Waals surface area contributed by atoms with E-state index in [0.717, 1.165) is 38.5 Å². The van der Waals surface area contributed by atoms with Crippen molar-refractivity contribution < 1.29 is 52.2 Å². The van der Waals surface area contributed by atoms with Gasteiger partial charge in [-0.2, -0.15) is 0 Å². The molecule has 348 valence electrons. The molecule has 11 atom stereocenters. The van der Waals surface area contributed by atoms with Crippen LogP contribution < -0.4 is 4.74 Å². The predicted octanol–water partition coefficient (Wildman–Crippen LogP) is 10.0. The second-order valence-electron chi connectivity index (χ2n) is 16.8. The van der Waals surface area contributed by atoms with Crippen molar-refractivity contribution in [2.75, 3.05) is 13.7 Å². The zero-order chi connectivity index (χ0) is 46.0. The molecule has 0 amide bonds. The highest BCUT2D eigenvalue weighted by molar-refractivity contribution is 7.99. The Labute approximate surface area is 396 Å². The van der Waals surface area contributed by atoms with E-state index in [1.165, 1.54) is 11.8 Å². The molecule has 3 aliphatic rings. The van der Waals surface area contributed by atoms with Gasteiger partial charge in [0.2, 0.25) is 0 Å². The number of ether oxygens (including phenoxy) is 10. The molecule has 3 heterocycles. The van der Waals surface area contributed by atoms with Crippen molar-refractivity contribution in [1.29, 1.82) is 0 Å². The number of hydrogen-bond donors (Lipinski definition) is 0. The smallest absolute Gasteiger partial charge is 0.338 e. The molecule has 12 heteroatoms. The number of carbonyl (C=O) groups is 1. The second-order valence-corrected chi connectivity index (χ2v) is 18.0. The van der Waals surface area contributed by atoms with Crippen LogP contribution in [0.4, 0.5) is 0 Å². The van der Waals surface area contributed by atoms with Gasteiger partial charge in [-0.05, 0) is 66.9 Å². The normalized spacial score (nSPS) is 27.1. The van der Waals surface area contributed by atoms with Crippen LogP contribution in [0.1, 0.15) is 51.4 Å². The molecular weight excluding hydrogens is 869 g/mol. The van der Waals surface area contributed by atoms with Gasteiger partial charge in [0.1, 0.15) is 47.8 Å². The summed E-state index contributed by atoms with van der Waals surface area (Å²) in [6.45, 7) is 4.85. The molecule has 6 aromatic carbocycles. The number of thioether (sulfide) groups is 1. The first-order chi connectivity index (χ1) is 32.9. The zero-order valence-electron chi connectivity index (χ0n) is 37.7. The van der Waals surface area contributed by atoms with E-state index in [0.29, 0.717) is 5.56 Å². The van der Waals surface area contributed by atoms with Crippen molar-refractivity contribution in [1.82, 2.24) is 0 Å². The molecule has 3 fully saturated rings. The molecule has 9 rings (SSSR count). The lowest BCUT2D eigenvalue weighted by molar-refractivity contribution is -0.387. The average Bonchev–Trinajstić information content (AvgIpc) is 3.37. The van der Waals surface area contributed by atoms with Gasteiger partial charge in [0, 0.05) is 10.5 Å². The van der Waals surface area contributed by atoms with Crippen LogP contribution in [0.3, 0.4) is 0 Å². The monoisotopic (exact) mass is 924 g/mol. The fourth-order valence-corrected chi connectivity index (χ4v) is 9.64. The van der Waals surface area contributed by atoms with Crippen molar-refractivity contribution in [3.8, 4) is 5.75 Å². The van der Waals surface area contributed by atoms with Gasteiger partial charge in [-0.15, -0.1) is 0 Å². The Morgan fingerprint density at radius 1 is 0.597 bits per heavy atom. The molecule has 3 aliphatic heterocycles. The Hall–Kier alpha value is -5.38. The van der Waals surface area contributed by atoms with Crippen LogP contribution in [0.5, 0.6) is 5.75 Å². The van der Waals surface area contributed by atoms with E-state index in [9.17, 15) is 4.79 Å². The molecule has 11 nitrogen and oxygen atoms in total. The van der Waals surface area contributed by atoms with Crippen LogP contribution in [0.2, 0.25) is 0 Å². The minimum Gasteiger partial charge on any atom is -0.497 e. The summed E-state index contributed by atoms with van der Waals surface area (Å²) in [5.41, 5.74) is 4.47. The first kappa shape index (κ1) is 46.7. The fraction of sp³-hybridized carbons (Fsp3) is 0.327. The number of carbonyl (C=O) groups excluding carboxylic acids is 1. The summed E-state index contributed by atoms with van der Waals surface area (Å²) in [7, 11) is 1.64. The van der Waals surface area contributed by atoms with Crippen molar-refractivity contribution in [2.45, 2.75) is 105 Å². The maximum atomic E-state index is 14.2. The van der Waals surface area contributed by atoms with E-state index >= 15 is 0 Å². The summed E-state index contributed by atoms with van der Waals surface area (Å²) in [6.07, 6.45) is -7.94. The number of hydrogen-bond acceptors (Lipinski definition) is 12. The lowest BCUT2D eigenvalue weighted by Crippen LogP contribution is -2.66. The largest absolute Gasteiger partial charge is 0.497 e. The molecule has 6 aromatic rings. The van der Waals surface area contributed by atoms with Gasteiger partial charge in [-0.1, -0.05) is 151 Å². The van der Waals surface area contributed by atoms with Crippen LogP contribution in [0.25, 0.3) is 0 Å². The Bertz CT molecular complexity index is 2430. The standard InChI is InChI=1S/C55H56O11S/c1-36-24-30-44(31-25-36)67-55-51(64-52(56)41-20-12-6-13-21-41)49(46(37(2)62-55)58-32-38-16-8-4-9-17-38)66-54-50(60-34-40-26-28-43(57-3)29-27-40)48(59-33-39-18-10-5-11-19-39)47-45(63-54)35-61-53(65-47)42-22-14-7-15-23-42/h4-31,37,45-51,53-55H,32-35H2,1-3H3/t37-,45+,46-,47-,48-,49+,50+,51+,53?,54-,55-/m0/s1. The highest BCUT2D eigenvalue weighted by atomic mass is 32.2. The Kier molecular flexibility index (Phi) is 15.8. The van der Waals surface area contributed by atoms with Crippen LogP contribution in [-0.2, 0) is 62.5 Å². The molecule has 0 aromatic heterocycles. The SMILES string of the molecule is COc1ccc(CO[C@H]2[C@H](O[C@@H]3[C@@H](OCc4ccccc4)[C@H](C)O[C@@H](Sc4ccc(C)cc4)[C@@H]3OC(=O)c3ccccc3)O[C@@H]3COC(c4ccccc4)O[C@@H]3[C@@H]2OCc2ccccc2)cc1. The van der Waals surface area contributed by atoms with E-state index in [-0.39, 0.29) is 26.4 Å². The average molecular weight is 925 g/mol. The summed E-state index contributed by atoms with van der Waals surface area (Å²) < 4.78 is 67.2. The summed E-state index contributed by atoms with van der Waals surface area (Å²) in [4.78, 5) is 15.2. The van der Waals surface area contributed by atoms with Gasteiger partial charge in [-0.3, -0.25) is 0 Å². The fourth-order valence-electron chi connectivity index (χ4n) is 8.50. The Morgan fingerprint density at radius 2 is 1.16 bits per heavy atom. The molecule has 0 saturated carbocycles. The molecule has 67 heavy (non-hydrogen) atoms. The van der Waals surface area contributed by atoms with E-state index in [2.05, 4.69) is 0 Å². The molecule has 1 unspecified atom stereocenters. The quantitative estimate of drug-likeness (QED) is 0.0813. The van der Waals surface area contributed by atoms with Gasteiger partial charge < -0.3 is 47.4 Å². The van der Waals surface area contributed by atoms with Crippen LogP contribution in [-0.4, -0.2) is 80.2 Å². The zero-order valence-corrected chi connectivity index (χ0v) is 38.6. The number of aryl methyl sites for hydroxylation is 1. The van der Waals surface area contributed by atoms with Gasteiger partial charge in [0.25, 0.3) is 0 Å². The van der Waals surface area contributed by atoms with Crippen molar-refractivity contribution >= 4 is 17.7 Å². The molecule has 0 aliphatic carbocycles. The third-order valence-electron chi connectivity index (χ3n) is 12.1. The van der Waals surface area contributed by atoms with Gasteiger partial charge in [-0.25, -0.2) is 4.79 Å². The van der Waals surface area contributed by atoms with Gasteiger partial charge >= 0.3 is 5.97 Å². The number of rotatable bonds is 17. The third kappa shape index (κ3) is 11.8. The molecular formula is C55H56O11S. The summed E-state index contributed by atoms with van der Waals surface area (Å²) in [5.74, 6) is 0.195. The third-order valence-corrected chi connectivity index (χ3v) is 13.2. The number of benzene rings is 6. The highest BCUT2D eigenvalue weighted by Crippen LogP contribution is 2.42. The summed E-state index contributed by atoms with van der Waals surface area (Å²) >= 11 is 1.46. The Morgan fingerprint density at radius 3 is 1.79 bits per heavy atom. The summed E-state index contributed by atoms with van der Waals surface area (Å²) in [5, 5.41) is 0. The number of esters is 1. The number of fused-ring (bicyclic) bond motifs is 1. The molecule has 3 saturated heterocycles. The van der Waals surface area contributed by atoms with Crippen LogP contribution >= 0.6 is 11.8 Å². The Balaban J connectivity index is 1.11. The van der Waals surface area contributed by atoms with Crippen molar-refractivity contribution in [3.63, 3.8) is 0 Å². The lowest BCUT2D eigenvalue weighted by atomic mass is 9.95. The number of methoxy groups -OCH3 is 1. The predicted molar refractivity (Wildman–Crippen MR) is 252 cm³/mol. The highest BCUT2D eigenvalue weighted by Gasteiger charge is 2.56. The van der Waals surface area contributed by atoms with E-state index in [1.807, 2.05) is 159 Å². The van der Waals surface area contributed by atoms with Crippen molar-refractivity contribution in [3.05, 3.63) is 203 Å². The lowest BCUT2D eigenvalue weighted by Gasteiger charge is -2.51. The molecule has 0 bridgehead atoms. The minimum absolute atomic E-state index is 0.176. The van der Waals surface area contributed by atoms with Crippen LogP contribution in [0.15, 0.2) is 175 Å². The topological polar surface area (TPSA) is 109 Å². The first-order valence-electron chi connectivity index (χ1n) is 22.7. The van der Waals surface area contributed by atoms with Gasteiger partial charge in [0.15, 0.2) is 18.7 Å². The first-order valence-corrected chi connectivity index (χ1v) is 23.6. The van der Waals surface area contributed by atoms with Gasteiger partial charge in [0.05, 0.1) is 45.2 Å². The van der Waals surface area contributed by atoms with Crippen molar-refractivity contribution in [2.24, 2.45) is 0 Å². The molecule has 0 radical (unpaired) electrons.